The molecule has 1 aromatic heterocycles. The maximum Gasteiger partial charge on any atom is 0.140 e. The Morgan fingerprint density at radius 2 is 2.06 bits per heavy atom. The topological polar surface area (TPSA) is 53.1 Å². The van der Waals surface area contributed by atoms with E-state index in [1.807, 2.05) is 24.3 Å². The Balaban J connectivity index is 2.26. The molecule has 0 fully saturated rings. The lowest BCUT2D eigenvalue weighted by Gasteiger charge is -2.09. The maximum atomic E-state index is 5.86. The van der Waals surface area contributed by atoms with Crippen LogP contribution >= 0.6 is 11.6 Å². The van der Waals surface area contributed by atoms with Crippen molar-refractivity contribution in [1.82, 2.24) is 9.78 Å². The van der Waals surface area contributed by atoms with E-state index in [0.717, 1.165) is 11.1 Å². The number of aromatic nitrogens is 2. The fourth-order valence-electron chi connectivity index (χ4n) is 1.67. The van der Waals surface area contributed by atoms with E-state index in [0.29, 0.717) is 24.0 Å². The molecule has 0 aliphatic carbocycles. The molecule has 0 radical (unpaired) electrons. The Morgan fingerprint density at radius 1 is 1.35 bits per heavy atom. The lowest BCUT2D eigenvalue weighted by Crippen LogP contribution is -2.08. The Morgan fingerprint density at radius 3 is 2.65 bits per heavy atom. The van der Waals surface area contributed by atoms with Gasteiger partial charge in [-0.15, -0.1) is 0 Å². The van der Waals surface area contributed by atoms with Crippen LogP contribution in [0.1, 0.15) is 11.1 Å². The van der Waals surface area contributed by atoms with Crippen molar-refractivity contribution in [2.75, 3.05) is 12.8 Å². The van der Waals surface area contributed by atoms with Crippen LogP contribution in [-0.4, -0.2) is 16.9 Å². The van der Waals surface area contributed by atoms with Crippen LogP contribution in [-0.2, 0) is 17.9 Å². The zero-order valence-electron chi connectivity index (χ0n) is 9.56. The van der Waals surface area contributed by atoms with Crippen molar-refractivity contribution in [3.05, 3.63) is 46.6 Å². The van der Waals surface area contributed by atoms with Crippen LogP contribution in [0.3, 0.4) is 0 Å². The van der Waals surface area contributed by atoms with Crippen molar-refractivity contribution in [1.29, 1.82) is 0 Å². The minimum atomic E-state index is 0.481. The molecule has 17 heavy (non-hydrogen) atoms. The molecule has 2 rings (SSSR count). The molecule has 90 valence electrons. The third-order valence-electron chi connectivity index (χ3n) is 2.57. The minimum Gasteiger partial charge on any atom is -0.383 e. The van der Waals surface area contributed by atoms with Crippen LogP contribution in [0.4, 0.5) is 5.82 Å². The van der Waals surface area contributed by atoms with E-state index >= 15 is 0 Å². The quantitative estimate of drug-likeness (QED) is 0.907. The summed E-state index contributed by atoms with van der Waals surface area (Å²) in [6.07, 6.45) is 1.55. The average molecular weight is 252 g/mol. The molecule has 0 bridgehead atoms. The molecule has 1 heterocycles. The second-order valence-electron chi connectivity index (χ2n) is 3.74. The number of halogens is 1. The zero-order valence-corrected chi connectivity index (χ0v) is 10.3. The predicted octanol–water partition coefficient (Wildman–Crippen LogP) is 2.31. The van der Waals surface area contributed by atoms with Crippen molar-refractivity contribution < 1.29 is 4.74 Å². The fraction of sp³-hybridized carbons (Fsp3) is 0.250. The summed E-state index contributed by atoms with van der Waals surface area (Å²) < 4.78 is 6.83. The first kappa shape index (κ1) is 12.0. The average Bonchev–Trinajstić information content (AvgIpc) is 2.64. The van der Waals surface area contributed by atoms with Gasteiger partial charge in [0, 0.05) is 7.11 Å². The number of ether oxygens (including phenoxy) is 1. The number of nitrogens with two attached hydrogens (primary N) is 1. The van der Waals surface area contributed by atoms with Crippen LogP contribution < -0.4 is 5.73 Å². The first-order chi connectivity index (χ1) is 8.22. The molecular weight excluding hydrogens is 238 g/mol. The number of methoxy groups -OCH3 is 1. The first-order valence-corrected chi connectivity index (χ1v) is 5.62. The summed E-state index contributed by atoms with van der Waals surface area (Å²) >= 11 is 5.86. The Kier molecular flexibility index (Phi) is 3.66. The number of rotatable bonds is 4. The second kappa shape index (κ2) is 5.21. The predicted molar refractivity (Wildman–Crippen MR) is 67.9 cm³/mol. The van der Waals surface area contributed by atoms with E-state index < -0.39 is 0 Å². The minimum absolute atomic E-state index is 0.481. The highest BCUT2D eigenvalue weighted by molar-refractivity contribution is 6.32. The van der Waals surface area contributed by atoms with E-state index in [2.05, 4.69) is 5.10 Å². The van der Waals surface area contributed by atoms with Crippen LogP contribution in [0, 0.1) is 0 Å². The van der Waals surface area contributed by atoms with E-state index in [-0.39, 0.29) is 0 Å². The second-order valence-corrected chi connectivity index (χ2v) is 4.14. The molecule has 0 saturated heterocycles. The van der Waals surface area contributed by atoms with Crippen molar-refractivity contribution in [2.45, 2.75) is 13.2 Å². The largest absolute Gasteiger partial charge is 0.383 e. The van der Waals surface area contributed by atoms with E-state index in [9.17, 15) is 0 Å². The highest BCUT2D eigenvalue weighted by atomic mass is 35.5. The van der Waals surface area contributed by atoms with Crippen molar-refractivity contribution in [2.24, 2.45) is 0 Å². The summed E-state index contributed by atoms with van der Waals surface area (Å²) in [5, 5.41) is 4.61. The van der Waals surface area contributed by atoms with Gasteiger partial charge in [-0.25, -0.2) is 4.68 Å². The number of nitrogens with zero attached hydrogens (tertiary/aromatic N) is 2. The molecule has 0 saturated carbocycles. The van der Waals surface area contributed by atoms with Gasteiger partial charge in [0.1, 0.15) is 10.8 Å². The van der Waals surface area contributed by atoms with Gasteiger partial charge in [-0.3, -0.25) is 0 Å². The van der Waals surface area contributed by atoms with Crippen LogP contribution in [0.5, 0.6) is 0 Å². The third-order valence-corrected chi connectivity index (χ3v) is 2.86. The lowest BCUT2D eigenvalue weighted by atomic mass is 10.1. The molecule has 0 unspecified atom stereocenters. The molecule has 1 aromatic carbocycles. The molecular formula is C12H14ClN3O. The van der Waals surface area contributed by atoms with Gasteiger partial charge in [-0.2, -0.15) is 5.10 Å². The molecule has 2 N–H and O–H groups in total. The molecule has 4 nitrogen and oxygen atoms in total. The number of hydrogen-bond acceptors (Lipinski definition) is 3. The number of nitrogen functional groups attached to an aromatic ring is 1. The van der Waals surface area contributed by atoms with E-state index in [1.165, 1.54) is 0 Å². The highest BCUT2D eigenvalue weighted by Crippen LogP contribution is 2.19. The van der Waals surface area contributed by atoms with Crippen molar-refractivity contribution in [3.63, 3.8) is 0 Å². The molecule has 0 atom stereocenters. The molecule has 0 aliphatic heterocycles. The Labute approximate surface area is 105 Å². The van der Waals surface area contributed by atoms with Gasteiger partial charge < -0.3 is 10.5 Å². The summed E-state index contributed by atoms with van der Waals surface area (Å²) in [6, 6.07) is 8.02. The first-order valence-electron chi connectivity index (χ1n) is 5.25. The number of hydrogen-bond donors (Lipinski definition) is 1. The smallest absolute Gasteiger partial charge is 0.140 e. The normalized spacial score (nSPS) is 10.7. The van der Waals surface area contributed by atoms with Gasteiger partial charge in [0.05, 0.1) is 19.3 Å². The van der Waals surface area contributed by atoms with Gasteiger partial charge in [0.25, 0.3) is 0 Å². The summed E-state index contributed by atoms with van der Waals surface area (Å²) in [7, 11) is 1.68. The summed E-state index contributed by atoms with van der Waals surface area (Å²) in [6.45, 7) is 1.17. The van der Waals surface area contributed by atoms with Crippen LogP contribution in [0.25, 0.3) is 0 Å². The molecule has 2 aromatic rings. The van der Waals surface area contributed by atoms with E-state index in [1.54, 1.807) is 18.0 Å². The van der Waals surface area contributed by atoms with Gasteiger partial charge >= 0.3 is 0 Å². The van der Waals surface area contributed by atoms with E-state index in [4.69, 9.17) is 22.1 Å². The SMILES string of the molecule is COCc1ccccc1Cn1ncc(Cl)c1N. The number of benzene rings is 1. The monoisotopic (exact) mass is 251 g/mol. The standard InChI is InChI=1S/C12H14ClN3O/c1-17-8-10-5-3-2-4-9(10)7-16-12(14)11(13)6-15-16/h2-6H,7-8,14H2,1H3. The van der Waals surface area contributed by atoms with Gasteiger partial charge in [0.2, 0.25) is 0 Å². The third kappa shape index (κ3) is 2.60. The molecule has 0 amide bonds. The summed E-state index contributed by atoms with van der Waals surface area (Å²) in [5.41, 5.74) is 8.06. The fourth-order valence-corrected chi connectivity index (χ4v) is 1.81. The van der Waals surface area contributed by atoms with Gasteiger partial charge in [0.15, 0.2) is 0 Å². The highest BCUT2D eigenvalue weighted by Gasteiger charge is 2.07. The van der Waals surface area contributed by atoms with Crippen LogP contribution in [0.15, 0.2) is 30.5 Å². The zero-order chi connectivity index (χ0) is 12.3. The number of anilines is 1. The summed E-state index contributed by atoms with van der Waals surface area (Å²) in [5.74, 6) is 0.485. The van der Waals surface area contributed by atoms with Gasteiger partial charge in [-0.05, 0) is 11.1 Å². The van der Waals surface area contributed by atoms with Crippen molar-refractivity contribution >= 4 is 17.4 Å². The summed E-state index contributed by atoms with van der Waals surface area (Å²) in [4.78, 5) is 0. The van der Waals surface area contributed by atoms with Crippen LogP contribution in [0.2, 0.25) is 5.02 Å². The lowest BCUT2D eigenvalue weighted by molar-refractivity contribution is 0.184. The van der Waals surface area contributed by atoms with Crippen molar-refractivity contribution in [3.8, 4) is 0 Å². The Hall–Kier alpha value is -1.52. The molecule has 0 spiro atoms. The Bertz CT molecular complexity index is 510. The molecule has 0 aliphatic rings. The maximum absolute atomic E-state index is 5.86. The van der Waals surface area contributed by atoms with Gasteiger partial charge in [-0.1, -0.05) is 35.9 Å². The molecule has 5 heteroatoms.